The van der Waals surface area contributed by atoms with E-state index in [4.69, 9.17) is 19.2 Å². The van der Waals surface area contributed by atoms with Crippen molar-refractivity contribution in [2.24, 2.45) is 0 Å². The number of amides is 1. The van der Waals surface area contributed by atoms with Gasteiger partial charge in [-0.2, -0.15) is 0 Å². The van der Waals surface area contributed by atoms with Gasteiger partial charge in [0.1, 0.15) is 11.4 Å². The lowest BCUT2D eigenvalue weighted by molar-refractivity contribution is -0.115. The molecule has 3 heterocycles. The van der Waals surface area contributed by atoms with Gasteiger partial charge in [0.15, 0.2) is 11.5 Å². The summed E-state index contributed by atoms with van der Waals surface area (Å²) in [7, 11) is 1.58. The lowest BCUT2D eigenvalue weighted by atomic mass is 10.1. The predicted molar refractivity (Wildman–Crippen MR) is 117 cm³/mol. The molecule has 0 spiro atoms. The van der Waals surface area contributed by atoms with Crippen LogP contribution >= 0.6 is 0 Å². The Morgan fingerprint density at radius 1 is 1.13 bits per heavy atom. The van der Waals surface area contributed by atoms with Crippen LogP contribution in [0.1, 0.15) is 11.1 Å². The number of aryl methyl sites for hydroxylation is 1. The molecule has 0 aliphatic carbocycles. The van der Waals surface area contributed by atoms with Crippen LogP contribution in [0.4, 0.5) is 5.69 Å². The number of hydrogen-bond acceptors (Lipinski definition) is 5. The molecular formula is C24H21N3O4. The molecule has 0 fully saturated rings. The van der Waals surface area contributed by atoms with Crippen molar-refractivity contribution in [2.45, 2.75) is 13.3 Å². The molecule has 0 saturated heterocycles. The van der Waals surface area contributed by atoms with E-state index >= 15 is 0 Å². The van der Waals surface area contributed by atoms with Crippen molar-refractivity contribution in [1.29, 1.82) is 0 Å². The van der Waals surface area contributed by atoms with Gasteiger partial charge < -0.3 is 23.9 Å². The van der Waals surface area contributed by atoms with Crippen LogP contribution in [0.25, 0.3) is 16.9 Å². The second-order valence-electron chi connectivity index (χ2n) is 7.42. The van der Waals surface area contributed by atoms with Gasteiger partial charge in [0.2, 0.25) is 12.7 Å². The fraction of sp³-hybridized carbons (Fsp3) is 0.167. The number of benzene rings is 2. The normalized spacial score (nSPS) is 12.2. The molecule has 7 nitrogen and oxygen atoms in total. The number of nitrogens with zero attached hydrogens (tertiary/aromatic N) is 2. The number of aromatic nitrogens is 2. The zero-order valence-corrected chi connectivity index (χ0v) is 17.2. The molecule has 0 bridgehead atoms. The molecule has 7 heteroatoms. The van der Waals surface area contributed by atoms with E-state index < -0.39 is 0 Å². The van der Waals surface area contributed by atoms with Crippen LogP contribution in [0.15, 0.2) is 60.9 Å². The first-order valence-corrected chi connectivity index (χ1v) is 9.91. The van der Waals surface area contributed by atoms with Crippen LogP contribution in [-0.4, -0.2) is 29.2 Å². The number of ether oxygens (including phenoxy) is 3. The van der Waals surface area contributed by atoms with Crippen molar-refractivity contribution < 1.29 is 19.0 Å². The molecule has 1 N–H and O–H groups in total. The third-order valence-corrected chi connectivity index (χ3v) is 5.19. The lowest BCUT2D eigenvalue weighted by Crippen LogP contribution is -2.15. The first-order valence-electron chi connectivity index (χ1n) is 9.91. The third kappa shape index (κ3) is 3.77. The summed E-state index contributed by atoms with van der Waals surface area (Å²) in [6.07, 6.45) is 4.16. The Hall–Kier alpha value is -4.00. The summed E-state index contributed by atoms with van der Waals surface area (Å²) in [5.74, 6) is 1.79. The molecule has 0 radical (unpaired) electrons. The van der Waals surface area contributed by atoms with Crippen molar-refractivity contribution >= 4 is 17.2 Å². The SMILES string of the molecule is COc1ccc(-c2cn3ccc(C)cc3n2)cc1NC(=O)Cc1ccc2c(c1)OCO2. The molecule has 1 aliphatic rings. The van der Waals surface area contributed by atoms with Gasteiger partial charge in [0.05, 0.1) is 24.9 Å². The molecule has 31 heavy (non-hydrogen) atoms. The van der Waals surface area contributed by atoms with Gasteiger partial charge >= 0.3 is 0 Å². The van der Waals surface area contributed by atoms with E-state index in [1.807, 2.05) is 72.2 Å². The van der Waals surface area contributed by atoms with Crippen molar-refractivity contribution in [3.8, 4) is 28.5 Å². The van der Waals surface area contributed by atoms with Gasteiger partial charge in [0.25, 0.3) is 0 Å². The molecule has 0 atom stereocenters. The van der Waals surface area contributed by atoms with Crippen molar-refractivity contribution in [3.05, 3.63) is 72.1 Å². The summed E-state index contributed by atoms with van der Waals surface area (Å²) < 4.78 is 18.1. The molecular weight excluding hydrogens is 394 g/mol. The second kappa shape index (κ2) is 7.68. The van der Waals surface area contributed by atoms with E-state index in [1.165, 1.54) is 0 Å². The Balaban J connectivity index is 1.39. The average Bonchev–Trinajstić information content (AvgIpc) is 3.39. The number of rotatable bonds is 5. The highest BCUT2D eigenvalue weighted by atomic mass is 16.7. The van der Waals surface area contributed by atoms with Crippen LogP contribution < -0.4 is 19.5 Å². The number of anilines is 1. The first-order chi connectivity index (χ1) is 15.1. The van der Waals surface area contributed by atoms with E-state index in [1.54, 1.807) is 7.11 Å². The zero-order valence-electron chi connectivity index (χ0n) is 17.2. The molecule has 1 amide bonds. The number of carbonyl (C=O) groups excluding carboxylic acids is 1. The van der Waals surface area contributed by atoms with Crippen LogP contribution in [0.3, 0.4) is 0 Å². The molecule has 2 aromatic carbocycles. The number of pyridine rings is 1. The Morgan fingerprint density at radius 2 is 2.00 bits per heavy atom. The molecule has 4 aromatic rings. The number of imidazole rings is 1. The minimum atomic E-state index is -0.153. The van der Waals surface area contributed by atoms with Crippen LogP contribution in [0.5, 0.6) is 17.2 Å². The summed E-state index contributed by atoms with van der Waals surface area (Å²) in [4.78, 5) is 17.4. The van der Waals surface area contributed by atoms with Gasteiger partial charge in [0, 0.05) is 18.0 Å². The Morgan fingerprint density at radius 3 is 2.87 bits per heavy atom. The monoisotopic (exact) mass is 415 g/mol. The van der Waals surface area contributed by atoms with Gasteiger partial charge in [-0.05, 0) is 60.5 Å². The predicted octanol–water partition coefficient (Wildman–Crippen LogP) is 4.23. The third-order valence-electron chi connectivity index (χ3n) is 5.19. The Labute approximate surface area is 179 Å². The smallest absolute Gasteiger partial charge is 0.231 e. The summed E-state index contributed by atoms with van der Waals surface area (Å²) in [5, 5.41) is 2.96. The Bertz CT molecular complexity index is 1300. The van der Waals surface area contributed by atoms with Gasteiger partial charge in [-0.1, -0.05) is 6.07 Å². The molecule has 1 aliphatic heterocycles. The van der Waals surface area contributed by atoms with E-state index in [0.29, 0.717) is 22.9 Å². The first kappa shape index (κ1) is 19.0. The van der Waals surface area contributed by atoms with E-state index in [9.17, 15) is 4.79 Å². The maximum Gasteiger partial charge on any atom is 0.231 e. The maximum atomic E-state index is 12.7. The average molecular weight is 415 g/mol. The Kier molecular flexibility index (Phi) is 4.71. The maximum absolute atomic E-state index is 12.7. The number of nitrogens with one attached hydrogen (secondary N) is 1. The molecule has 0 saturated carbocycles. The minimum absolute atomic E-state index is 0.153. The highest BCUT2D eigenvalue weighted by Crippen LogP contribution is 2.33. The molecule has 156 valence electrons. The van der Waals surface area contributed by atoms with Crippen molar-refractivity contribution in [1.82, 2.24) is 9.38 Å². The number of carbonyl (C=O) groups is 1. The van der Waals surface area contributed by atoms with E-state index in [2.05, 4.69) is 5.32 Å². The number of methoxy groups -OCH3 is 1. The molecule has 5 rings (SSSR count). The highest BCUT2D eigenvalue weighted by molar-refractivity contribution is 5.94. The summed E-state index contributed by atoms with van der Waals surface area (Å²) in [6, 6.07) is 15.2. The summed E-state index contributed by atoms with van der Waals surface area (Å²) in [5.41, 5.74) is 5.17. The van der Waals surface area contributed by atoms with Gasteiger partial charge in [-0.3, -0.25) is 4.79 Å². The molecule has 0 unspecified atom stereocenters. The molecule has 2 aromatic heterocycles. The van der Waals surface area contributed by atoms with Crippen LogP contribution in [0.2, 0.25) is 0 Å². The van der Waals surface area contributed by atoms with Gasteiger partial charge in [-0.25, -0.2) is 4.98 Å². The van der Waals surface area contributed by atoms with Crippen molar-refractivity contribution in [3.63, 3.8) is 0 Å². The quantitative estimate of drug-likeness (QED) is 0.528. The fourth-order valence-corrected chi connectivity index (χ4v) is 3.62. The summed E-state index contributed by atoms with van der Waals surface area (Å²) in [6.45, 7) is 2.24. The minimum Gasteiger partial charge on any atom is -0.495 e. The zero-order chi connectivity index (χ0) is 21.4. The fourth-order valence-electron chi connectivity index (χ4n) is 3.62. The number of fused-ring (bicyclic) bond motifs is 2. The topological polar surface area (TPSA) is 74.1 Å². The second-order valence-corrected chi connectivity index (χ2v) is 7.42. The van der Waals surface area contributed by atoms with E-state index in [-0.39, 0.29) is 19.1 Å². The number of hydrogen-bond donors (Lipinski definition) is 1. The van der Waals surface area contributed by atoms with Crippen LogP contribution in [-0.2, 0) is 11.2 Å². The standard InChI is InChI=1S/C24H21N3O4/c1-15-7-8-27-13-19(25-23(27)9-15)17-4-6-20(29-2)18(12-17)26-24(28)11-16-3-5-21-22(10-16)31-14-30-21/h3-10,12-13H,11,14H2,1-2H3,(H,26,28). The van der Waals surface area contributed by atoms with E-state index in [0.717, 1.165) is 28.0 Å². The largest absolute Gasteiger partial charge is 0.495 e. The van der Waals surface area contributed by atoms with Crippen LogP contribution in [0, 0.1) is 6.92 Å². The summed E-state index contributed by atoms with van der Waals surface area (Å²) >= 11 is 0. The highest BCUT2D eigenvalue weighted by Gasteiger charge is 2.16. The van der Waals surface area contributed by atoms with Gasteiger partial charge in [-0.15, -0.1) is 0 Å². The van der Waals surface area contributed by atoms with Crippen molar-refractivity contribution in [2.75, 3.05) is 19.2 Å². The lowest BCUT2D eigenvalue weighted by Gasteiger charge is -2.12.